The maximum atomic E-state index is 12.6. The predicted molar refractivity (Wildman–Crippen MR) is 100 cm³/mol. The third kappa shape index (κ3) is 1.61. The average molecular weight is 357 g/mol. The number of amides is 2. The van der Waals surface area contributed by atoms with Crippen LogP contribution < -0.4 is 5.32 Å². The summed E-state index contributed by atoms with van der Waals surface area (Å²) in [7, 11) is 0. The SMILES string of the molecule is O=C1NC(=O)c2c1c1c3cc(O)ccc3[nH]c1c1[nH]c3ccc(O)cc3c21. The van der Waals surface area contributed by atoms with Gasteiger partial charge in [-0.05, 0) is 36.4 Å². The van der Waals surface area contributed by atoms with Crippen molar-refractivity contribution in [3.05, 3.63) is 47.5 Å². The Balaban J connectivity index is 2.00. The van der Waals surface area contributed by atoms with Crippen molar-refractivity contribution in [2.24, 2.45) is 0 Å². The lowest BCUT2D eigenvalue weighted by Gasteiger charge is -2.03. The van der Waals surface area contributed by atoms with Crippen molar-refractivity contribution in [1.82, 2.24) is 15.3 Å². The first-order valence-corrected chi connectivity index (χ1v) is 8.33. The Morgan fingerprint density at radius 3 is 1.56 bits per heavy atom. The molecule has 27 heavy (non-hydrogen) atoms. The number of phenols is 2. The highest BCUT2D eigenvalue weighted by Crippen LogP contribution is 2.42. The molecule has 3 heterocycles. The molecule has 2 aromatic heterocycles. The molecule has 130 valence electrons. The molecule has 0 atom stereocenters. The summed E-state index contributed by atoms with van der Waals surface area (Å²) in [6.45, 7) is 0. The van der Waals surface area contributed by atoms with Gasteiger partial charge in [0.2, 0.25) is 0 Å². The zero-order valence-electron chi connectivity index (χ0n) is 13.7. The molecule has 7 nitrogen and oxygen atoms in total. The number of carbonyl (C=O) groups is 2. The monoisotopic (exact) mass is 357 g/mol. The third-order valence-corrected chi connectivity index (χ3v) is 5.25. The summed E-state index contributed by atoms with van der Waals surface area (Å²) in [5.74, 6) is -0.798. The van der Waals surface area contributed by atoms with Crippen molar-refractivity contribution in [2.75, 3.05) is 0 Å². The second-order valence-electron chi connectivity index (χ2n) is 6.74. The van der Waals surface area contributed by atoms with Crippen molar-refractivity contribution in [2.45, 2.75) is 0 Å². The lowest BCUT2D eigenvalue weighted by atomic mass is 9.96. The van der Waals surface area contributed by atoms with E-state index >= 15 is 0 Å². The van der Waals surface area contributed by atoms with Gasteiger partial charge in [-0.2, -0.15) is 0 Å². The molecule has 1 aliphatic rings. The van der Waals surface area contributed by atoms with Crippen LogP contribution in [0, 0.1) is 0 Å². The highest BCUT2D eigenvalue weighted by Gasteiger charge is 2.34. The zero-order chi connectivity index (χ0) is 18.4. The van der Waals surface area contributed by atoms with Gasteiger partial charge in [-0.3, -0.25) is 14.9 Å². The van der Waals surface area contributed by atoms with Crippen LogP contribution in [0.15, 0.2) is 36.4 Å². The lowest BCUT2D eigenvalue weighted by Crippen LogP contribution is -2.20. The third-order valence-electron chi connectivity index (χ3n) is 5.25. The van der Waals surface area contributed by atoms with Crippen molar-refractivity contribution in [3.8, 4) is 11.5 Å². The fourth-order valence-electron chi connectivity index (χ4n) is 4.19. The molecule has 0 radical (unpaired) electrons. The van der Waals surface area contributed by atoms with Gasteiger partial charge in [0.1, 0.15) is 11.5 Å². The topological polar surface area (TPSA) is 118 Å². The maximum Gasteiger partial charge on any atom is 0.259 e. The molecule has 0 aliphatic carbocycles. The molecule has 7 heteroatoms. The Kier molecular flexibility index (Phi) is 2.31. The molecule has 0 bridgehead atoms. The van der Waals surface area contributed by atoms with Gasteiger partial charge in [0.25, 0.3) is 11.8 Å². The summed E-state index contributed by atoms with van der Waals surface area (Å²) in [6, 6.07) is 9.72. The van der Waals surface area contributed by atoms with Crippen LogP contribution in [0.1, 0.15) is 20.7 Å². The largest absolute Gasteiger partial charge is 0.508 e. The number of aromatic hydroxyl groups is 2. The predicted octanol–water partition coefficient (Wildman–Crippen LogP) is 3.25. The molecule has 2 amide bonds. The van der Waals surface area contributed by atoms with Crippen LogP contribution in [0.2, 0.25) is 0 Å². The summed E-state index contributed by atoms with van der Waals surface area (Å²) >= 11 is 0. The van der Waals surface area contributed by atoms with E-state index in [4.69, 9.17) is 0 Å². The molecule has 3 aromatic carbocycles. The minimum absolute atomic E-state index is 0.0727. The van der Waals surface area contributed by atoms with Gasteiger partial charge in [-0.15, -0.1) is 0 Å². The van der Waals surface area contributed by atoms with E-state index < -0.39 is 11.8 Å². The number of imide groups is 1. The number of aromatic nitrogens is 2. The van der Waals surface area contributed by atoms with Crippen molar-refractivity contribution in [3.63, 3.8) is 0 Å². The number of H-pyrrole nitrogens is 2. The number of carbonyl (C=O) groups excluding carboxylic acids is 2. The number of hydrogen-bond acceptors (Lipinski definition) is 4. The molecule has 0 saturated carbocycles. The molecule has 5 N–H and O–H groups in total. The highest BCUT2D eigenvalue weighted by molar-refractivity contribution is 6.39. The summed E-state index contributed by atoms with van der Waals surface area (Å²) in [4.78, 5) is 31.8. The Morgan fingerprint density at radius 2 is 1.11 bits per heavy atom. The smallest absolute Gasteiger partial charge is 0.259 e. The number of nitrogens with one attached hydrogen (secondary N) is 3. The van der Waals surface area contributed by atoms with Gasteiger partial charge in [0.05, 0.1) is 22.2 Å². The second kappa shape index (κ2) is 4.39. The van der Waals surface area contributed by atoms with Gasteiger partial charge in [-0.1, -0.05) is 0 Å². The Hall–Kier alpha value is -4.00. The van der Waals surface area contributed by atoms with E-state index in [-0.39, 0.29) is 22.6 Å². The number of rotatable bonds is 0. The van der Waals surface area contributed by atoms with E-state index in [1.54, 1.807) is 36.4 Å². The Labute approximate surface area is 150 Å². The number of phenolic OH excluding ortho intramolecular Hbond substituents is 2. The fraction of sp³-hybridized carbons (Fsp3) is 0. The molecule has 5 aromatic rings. The first-order chi connectivity index (χ1) is 13.0. The highest BCUT2D eigenvalue weighted by atomic mass is 16.3. The number of benzene rings is 3. The second-order valence-corrected chi connectivity index (χ2v) is 6.74. The van der Waals surface area contributed by atoms with Gasteiger partial charge < -0.3 is 20.2 Å². The standard InChI is InChI=1S/C20H11N3O4/c24-7-1-3-11-9(5-7)13-15-16(20(27)23-19(15)26)14-10-6-8(25)2-4-12(10)22-18(14)17(13)21-11/h1-6,21-22,24-25H,(H,23,26,27). The van der Waals surface area contributed by atoms with Crippen LogP contribution >= 0.6 is 0 Å². The van der Waals surface area contributed by atoms with Crippen molar-refractivity contribution in [1.29, 1.82) is 0 Å². The van der Waals surface area contributed by atoms with Crippen LogP contribution in [-0.2, 0) is 0 Å². The van der Waals surface area contributed by atoms with Gasteiger partial charge in [-0.25, -0.2) is 0 Å². The summed E-state index contributed by atoms with van der Waals surface area (Å²) in [5.41, 5.74) is 3.39. The Morgan fingerprint density at radius 1 is 0.667 bits per heavy atom. The van der Waals surface area contributed by atoms with E-state index in [9.17, 15) is 19.8 Å². The quantitative estimate of drug-likeness (QED) is 0.273. The molecular formula is C20H11N3O4. The zero-order valence-corrected chi connectivity index (χ0v) is 13.7. The number of aromatic amines is 2. The van der Waals surface area contributed by atoms with E-state index in [1.165, 1.54) is 0 Å². The first kappa shape index (κ1) is 14.2. The normalized spacial score (nSPS) is 13.9. The van der Waals surface area contributed by atoms with E-state index in [2.05, 4.69) is 15.3 Å². The van der Waals surface area contributed by atoms with Crippen molar-refractivity contribution >= 4 is 55.4 Å². The minimum atomic E-state index is -0.472. The van der Waals surface area contributed by atoms with Crippen molar-refractivity contribution < 1.29 is 19.8 Å². The van der Waals surface area contributed by atoms with Gasteiger partial charge >= 0.3 is 0 Å². The Bertz CT molecular complexity index is 1390. The summed E-state index contributed by atoms with van der Waals surface area (Å²) in [6.07, 6.45) is 0. The average Bonchev–Trinajstić information content (AvgIpc) is 3.26. The molecule has 0 spiro atoms. The molecule has 1 aliphatic heterocycles. The van der Waals surface area contributed by atoms with Gasteiger partial charge in [0, 0.05) is 32.6 Å². The van der Waals surface area contributed by atoms with Gasteiger partial charge in [0.15, 0.2) is 0 Å². The summed E-state index contributed by atoms with van der Waals surface area (Å²) < 4.78 is 0. The lowest BCUT2D eigenvalue weighted by molar-refractivity contribution is 0.0880. The molecule has 0 saturated heterocycles. The van der Waals surface area contributed by atoms with Crippen LogP contribution in [0.4, 0.5) is 0 Å². The number of fused-ring (bicyclic) bond motifs is 10. The van der Waals surface area contributed by atoms with Crippen LogP contribution in [0.3, 0.4) is 0 Å². The summed E-state index contributed by atoms with van der Waals surface area (Å²) in [5, 5.41) is 24.7. The fourth-order valence-corrected chi connectivity index (χ4v) is 4.19. The van der Waals surface area contributed by atoms with Crippen LogP contribution in [-0.4, -0.2) is 32.0 Å². The van der Waals surface area contributed by atoms with Crippen LogP contribution in [0.25, 0.3) is 43.6 Å². The van der Waals surface area contributed by atoms with E-state index in [0.717, 1.165) is 11.0 Å². The van der Waals surface area contributed by atoms with E-state index in [0.29, 0.717) is 32.6 Å². The minimum Gasteiger partial charge on any atom is -0.508 e. The van der Waals surface area contributed by atoms with E-state index in [1.807, 2.05) is 0 Å². The maximum absolute atomic E-state index is 12.6. The molecule has 0 fully saturated rings. The molecule has 0 unspecified atom stereocenters. The number of hydrogen-bond donors (Lipinski definition) is 5. The molecular weight excluding hydrogens is 346 g/mol. The van der Waals surface area contributed by atoms with Crippen LogP contribution in [0.5, 0.6) is 11.5 Å². The first-order valence-electron chi connectivity index (χ1n) is 8.33. The molecule has 6 rings (SSSR count).